The molecule has 0 spiro atoms. The monoisotopic (exact) mass is 265 g/mol. The first-order valence-corrected chi connectivity index (χ1v) is 6.45. The molecule has 0 aromatic carbocycles. The molecule has 0 aliphatic heterocycles. The molecular formula is C12H15N3O2S. The van der Waals surface area contributed by atoms with Crippen LogP contribution in [0.5, 0.6) is 0 Å². The molecule has 2 aromatic rings. The highest BCUT2D eigenvalue weighted by Crippen LogP contribution is 2.16. The molecular weight excluding hydrogens is 250 g/mol. The van der Waals surface area contributed by atoms with E-state index in [2.05, 4.69) is 10.4 Å². The van der Waals surface area contributed by atoms with E-state index in [0.29, 0.717) is 18.0 Å². The number of carboxylic acids is 1. The fourth-order valence-electron chi connectivity index (χ4n) is 1.82. The highest BCUT2D eigenvalue weighted by Gasteiger charge is 2.11. The first-order valence-electron chi connectivity index (χ1n) is 5.57. The summed E-state index contributed by atoms with van der Waals surface area (Å²) < 4.78 is 1.78. The molecule has 0 aliphatic carbocycles. The van der Waals surface area contributed by atoms with Gasteiger partial charge in [-0.2, -0.15) is 5.10 Å². The molecule has 0 fully saturated rings. The molecule has 0 atom stereocenters. The van der Waals surface area contributed by atoms with E-state index in [-0.39, 0.29) is 0 Å². The molecule has 5 nitrogen and oxygen atoms in total. The number of nitrogens with one attached hydrogen (secondary N) is 1. The summed E-state index contributed by atoms with van der Waals surface area (Å²) in [6.45, 7) is 3.21. The zero-order valence-electron chi connectivity index (χ0n) is 10.3. The van der Waals surface area contributed by atoms with Crippen LogP contribution in [-0.4, -0.2) is 20.9 Å². The number of aromatic nitrogens is 2. The Bertz CT molecular complexity index is 559. The lowest BCUT2D eigenvalue weighted by molar-refractivity contribution is 0.0701. The van der Waals surface area contributed by atoms with Crippen LogP contribution < -0.4 is 5.32 Å². The van der Waals surface area contributed by atoms with Gasteiger partial charge >= 0.3 is 5.97 Å². The number of hydrogen-bond acceptors (Lipinski definition) is 4. The van der Waals surface area contributed by atoms with Crippen molar-refractivity contribution in [2.24, 2.45) is 7.05 Å². The molecule has 0 bridgehead atoms. The zero-order valence-corrected chi connectivity index (χ0v) is 11.1. The van der Waals surface area contributed by atoms with Crippen LogP contribution in [0.3, 0.4) is 0 Å². The van der Waals surface area contributed by atoms with Crippen molar-refractivity contribution < 1.29 is 9.90 Å². The molecule has 2 N–H and O–H groups in total. The predicted molar refractivity (Wildman–Crippen MR) is 69.8 cm³/mol. The summed E-state index contributed by atoms with van der Waals surface area (Å²) in [7, 11) is 1.89. The summed E-state index contributed by atoms with van der Waals surface area (Å²) in [5.74, 6) is -0.862. The van der Waals surface area contributed by atoms with Crippen molar-refractivity contribution >= 4 is 17.3 Å². The average molecular weight is 265 g/mol. The van der Waals surface area contributed by atoms with E-state index >= 15 is 0 Å². The molecule has 2 rings (SSSR count). The predicted octanol–water partition coefficient (Wildman–Crippen LogP) is 1.78. The summed E-state index contributed by atoms with van der Waals surface area (Å²) in [6.07, 6.45) is 1.97. The fourth-order valence-corrected chi connectivity index (χ4v) is 2.58. The molecule has 0 radical (unpaired) electrons. The van der Waals surface area contributed by atoms with Gasteiger partial charge in [0.1, 0.15) is 4.88 Å². The minimum atomic E-state index is -0.862. The third-order valence-electron chi connectivity index (χ3n) is 2.69. The van der Waals surface area contributed by atoms with Crippen LogP contribution in [0.4, 0.5) is 0 Å². The lowest BCUT2D eigenvalue weighted by atomic mass is 10.2. The molecule has 0 aliphatic rings. The molecule has 96 valence electrons. The third-order valence-corrected chi connectivity index (χ3v) is 3.63. The van der Waals surface area contributed by atoms with Crippen molar-refractivity contribution in [3.8, 4) is 0 Å². The van der Waals surface area contributed by atoms with Crippen molar-refractivity contribution in [3.63, 3.8) is 0 Å². The van der Waals surface area contributed by atoms with Gasteiger partial charge in [-0.25, -0.2) is 4.79 Å². The molecule has 2 heterocycles. The molecule has 2 aromatic heterocycles. The van der Waals surface area contributed by atoms with Gasteiger partial charge in [-0.05, 0) is 23.9 Å². The van der Waals surface area contributed by atoms with Gasteiger partial charge in [-0.15, -0.1) is 11.3 Å². The van der Waals surface area contributed by atoms with Crippen molar-refractivity contribution in [2.45, 2.75) is 20.0 Å². The summed E-state index contributed by atoms with van der Waals surface area (Å²) >= 11 is 1.26. The minimum absolute atomic E-state index is 0.408. The minimum Gasteiger partial charge on any atom is -0.477 e. The van der Waals surface area contributed by atoms with Gasteiger partial charge in [0, 0.05) is 31.9 Å². The number of nitrogens with zero attached hydrogens (tertiary/aromatic N) is 2. The summed E-state index contributed by atoms with van der Waals surface area (Å²) in [5.41, 5.74) is 2.95. The number of rotatable bonds is 5. The van der Waals surface area contributed by atoms with E-state index in [1.54, 1.807) is 10.1 Å². The summed E-state index contributed by atoms with van der Waals surface area (Å²) in [6, 6.07) is 1.84. The topological polar surface area (TPSA) is 67.2 Å². The largest absolute Gasteiger partial charge is 0.477 e. The van der Waals surface area contributed by atoms with Gasteiger partial charge in [0.2, 0.25) is 0 Å². The Morgan fingerprint density at radius 3 is 2.83 bits per heavy atom. The molecule has 0 saturated heterocycles. The Hall–Kier alpha value is -1.66. The number of thiophene rings is 1. The van der Waals surface area contributed by atoms with Crippen LogP contribution in [-0.2, 0) is 20.1 Å². The van der Waals surface area contributed by atoms with E-state index in [0.717, 1.165) is 16.8 Å². The molecule has 18 heavy (non-hydrogen) atoms. The lowest BCUT2D eigenvalue weighted by Gasteiger charge is -2.03. The van der Waals surface area contributed by atoms with E-state index in [1.807, 2.05) is 26.2 Å². The normalized spacial score (nSPS) is 10.8. The van der Waals surface area contributed by atoms with E-state index < -0.39 is 5.97 Å². The number of aryl methyl sites for hydroxylation is 2. The third kappa shape index (κ3) is 2.77. The number of carbonyl (C=O) groups is 1. The smallest absolute Gasteiger partial charge is 0.346 e. The van der Waals surface area contributed by atoms with Gasteiger partial charge in [-0.3, -0.25) is 4.68 Å². The second-order valence-electron chi connectivity index (χ2n) is 4.10. The van der Waals surface area contributed by atoms with Crippen LogP contribution in [0.2, 0.25) is 0 Å². The Morgan fingerprint density at radius 1 is 1.50 bits per heavy atom. The van der Waals surface area contributed by atoms with Gasteiger partial charge < -0.3 is 10.4 Å². The molecule has 0 amide bonds. The van der Waals surface area contributed by atoms with Gasteiger partial charge in [0.05, 0.1) is 5.69 Å². The van der Waals surface area contributed by atoms with Crippen LogP contribution in [0, 0.1) is 6.92 Å². The van der Waals surface area contributed by atoms with Crippen molar-refractivity contribution in [1.82, 2.24) is 15.1 Å². The standard InChI is InChI=1S/C12H15N3O2S/c1-8-10(7-15(2)14-8)6-13-5-9-3-4-18-11(9)12(16)17/h3-4,7,13H,5-6H2,1-2H3,(H,16,17). The van der Waals surface area contributed by atoms with Crippen LogP contribution >= 0.6 is 11.3 Å². The van der Waals surface area contributed by atoms with Gasteiger partial charge in [-0.1, -0.05) is 0 Å². The Kier molecular flexibility index (Phi) is 3.78. The lowest BCUT2D eigenvalue weighted by Crippen LogP contribution is -2.14. The Balaban J connectivity index is 1.94. The Labute approximate surface area is 109 Å². The SMILES string of the molecule is Cc1nn(C)cc1CNCc1ccsc1C(=O)O. The highest BCUT2D eigenvalue weighted by molar-refractivity contribution is 7.12. The van der Waals surface area contributed by atoms with E-state index in [4.69, 9.17) is 5.11 Å². The Morgan fingerprint density at radius 2 is 2.22 bits per heavy atom. The molecule has 0 saturated carbocycles. The fraction of sp³-hybridized carbons (Fsp3) is 0.333. The highest BCUT2D eigenvalue weighted by atomic mass is 32.1. The maximum Gasteiger partial charge on any atom is 0.346 e. The number of aromatic carboxylic acids is 1. The first kappa shape index (κ1) is 12.8. The first-order chi connectivity index (χ1) is 8.58. The molecule has 0 unspecified atom stereocenters. The summed E-state index contributed by atoms with van der Waals surface area (Å²) in [5, 5.41) is 18.3. The van der Waals surface area contributed by atoms with Crippen molar-refractivity contribution in [1.29, 1.82) is 0 Å². The zero-order chi connectivity index (χ0) is 13.1. The van der Waals surface area contributed by atoms with Crippen LogP contribution in [0.15, 0.2) is 17.6 Å². The van der Waals surface area contributed by atoms with Crippen molar-refractivity contribution in [3.05, 3.63) is 39.3 Å². The van der Waals surface area contributed by atoms with Crippen molar-refractivity contribution in [2.75, 3.05) is 0 Å². The van der Waals surface area contributed by atoms with Gasteiger partial charge in [0.15, 0.2) is 0 Å². The quantitative estimate of drug-likeness (QED) is 0.864. The molecule has 6 heteroatoms. The van der Waals surface area contributed by atoms with E-state index in [9.17, 15) is 4.79 Å². The van der Waals surface area contributed by atoms with Gasteiger partial charge in [0.25, 0.3) is 0 Å². The number of hydrogen-bond donors (Lipinski definition) is 2. The summed E-state index contributed by atoms with van der Waals surface area (Å²) in [4.78, 5) is 11.4. The van der Waals surface area contributed by atoms with E-state index in [1.165, 1.54) is 11.3 Å². The van der Waals surface area contributed by atoms with Crippen LogP contribution in [0.1, 0.15) is 26.5 Å². The average Bonchev–Trinajstić information content (AvgIpc) is 2.86. The number of carboxylic acid groups (broad SMARTS) is 1. The van der Waals surface area contributed by atoms with Crippen LogP contribution in [0.25, 0.3) is 0 Å². The second kappa shape index (κ2) is 5.32. The maximum absolute atomic E-state index is 10.9. The maximum atomic E-state index is 10.9. The second-order valence-corrected chi connectivity index (χ2v) is 5.01.